The zero-order valence-corrected chi connectivity index (χ0v) is 10.9. The first-order chi connectivity index (χ1) is 8.46. The van der Waals surface area contributed by atoms with Gasteiger partial charge in [-0.05, 0) is 18.2 Å². The molecule has 0 saturated carbocycles. The maximum atomic E-state index is 11.9. The number of benzene rings is 1. The van der Waals surface area contributed by atoms with Crippen molar-refractivity contribution >= 4 is 15.9 Å². The molecule has 1 rings (SSSR count). The Kier molecular flexibility index (Phi) is 4.65. The van der Waals surface area contributed by atoms with Gasteiger partial charge in [-0.3, -0.25) is 10.2 Å². The van der Waals surface area contributed by atoms with Gasteiger partial charge in [-0.15, -0.1) is 0 Å². The molecule has 0 heterocycles. The van der Waals surface area contributed by atoms with Crippen molar-refractivity contribution in [3.05, 3.63) is 23.8 Å². The minimum atomic E-state index is -3.71. The SMILES string of the molecule is CCNS(=O)(=O)c1cc(C(=O)NN)ccc1OC. The fourth-order valence-electron chi connectivity index (χ4n) is 1.38. The van der Waals surface area contributed by atoms with Crippen molar-refractivity contribution in [3.8, 4) is 5.75 Å². The lowest BCUT2D eigenvalue weighted by Gasteiger charge is -2.11. The summed E-state index contributed by atoms with van der Waals surface area (Å²) >= 11 is 0. The molecule has 0 fully saturated rings. The smallest absolute Gasteiger partial charge is 0.265 e. The molecule has 1 aromatic rings. The summed E-state index contributed by atoms with van der Waals surface area (Å²) in [6.45, 7) is 1.89. The van der Waals surface area contributed by atoms with Gasteiger partial charge in [0.05, 0.1) is 7.11 Å². The monoisotopic (exact) mass is 273 g/mol. The van der Waals surface area contributed by atoms with E-state index >= 15 is 0 Å². The van der Waals surface area contributed by atoms with E-state index in [0.29, 0.717) is 0 Å². The fraction of sp³-hybridized carbons (Fsp3) is 0.300. The maximum absolute atomic E-state index is 11.9. The van der Waals surface area contributed by atoms with Crippen LogP contribution in [0.25, 0.3) is 0 Å². The molecule has 1 amide bonds. The summed E-state index contributed by atoms with van der Waals surface area (Å²) in [6, 6.07) is 4.03. The number of nitrogens with two attached hydrogens (primary N) is 1. The van der Waals surface area contributed by atoms with Crippen molar-refractivity contribution in [1.29, 1.82) is 0 Å². The van der Waals surface area contributed by atoms with Crippen LogP contribution in [0, 0.1) is 0 Å². The second-order valence-corrected chi connectivity index (χ2v) is 5.08. The average Bonchev–Trinajstić information content (AvgIpc) is 2.37. The molecule has 100 valence electrons. The molecule has 7 nitrogen and oxygen atoms in total. The van der Waals surface area contributed by atoms with Gasteiger partial charge in [0, 0.05) is 12.1 Å². The Morgan fingerprint density at radius 1 is 1.44 bits per heavy atom. The number of nitrogens with one attached hydrogen (secondary N) is 2. The van der Waals surface area contributed by atoms with E-state index in [-0.39, 0.29) is 22.8 Å². The molecule has 0 aromatic heterocycles. The van der Waals surface area contributed by atoms with Crippen molar-refractivity contribution in [2.24, 2.45) is 5.84 Å². The van der Waals surface area contributed by atoms with Crippen LogP contribution in [-0.4, -0.2) is 28.0 Å². The zero-order chi connectivity index (χ0) is 13.8. The molecule has 0 spiro atoms. The van der Waals surface area contributed by atoms with Crippen LogP contribution < -0.4 is 20.7 Å². The van der Waals surface area contributed by atoms with E-state index in [1.165, 1.54) is 25.3 Å². The van der Waals surface area contributed by atoms with Crippen molar-refractivity contribution in [1.82, 2.24) is 10.1 Å². The number of sulfonamides is 1. The molecule has 0 unspecified atom stereocenters. The van der Waals surface area contributed by atoms with E-state index in [1.54, 1.807) is 6.92 Å². The number of methoxy groups -OCH3 is 1. The molecule has 0 saturated heterocycles. The Labute approximate surface area is 105 Å². The number of amides is 1. The summed E-state index contributed by atoms with van der Waals surface area (Å²) in [7, 11) is -2.36. The lowest BCUT2D eigenvalue weighted by Crippen LogP contribution is -2.30. The molecule has 0 atom stereocenters. The van der Waals surface area contributed by atoms with Gasteiger partial charge in [0.2, 0.25) is 10.0 Å². The van der Waals surface area contributed by atoms with Crippen LogP contribution in [0.1, 0.15) is 17.3 Å². The third-order valence-electron chi connectivity index (χ3n) is 2.18. The maximum Gasteiger partial charge on any atom is 0.265 e. The number of hydrogen-bond acceptors (Lipinski definition) is 5. The number of carbonyl (C=O) groups excluding carboxylic acids is 1. The highest BCUT2D eigenvalue weighted by Crippen LogP contribution is 2.24. The van der Waals surface area contributed by atoms with E-state index in [0.717, 1.165) is 0 Å². The molecule has 0 aliphatic heterocycles. The summed E-state index contributed by atoms with van der Waals surface area (Å²) < 4.78 is 31.1. The number of hydrazine groups is 1. The zero-order valence-electron chi connectivity index (χ0n) is 10.1. The summed E-state index contributed by atoms with van der Waals surface area (Å²) in [5, 5.41) is 0. The molecule has 4 N–H and O–H groups in total. The minimum Gasteiger partial charge on any atom is -0.495 e. The van der Waals surface area contributed by atoms with Crippen LogP contribution in [-0.2, 0) is 10.0 Å². The van der Waals surface area contributed by atoms with Gasteiger partial charge in [0.25, 0.3) is 5.91 Å². The minimum absolute atomic E-state index is 0.104. The topological polar surface area (TPSA) is 111 Å². The lowest BCUT2D eigenvalue weighted by atomic mass is 10.2. The second-order valence-electron chi connectivity index (χ2n) is 3.34. The van der Waals surface area contributed by atoms with Gasteiger partial charge in [0.1, 0.15) is 10.6 Å². The van der Waals surface area contributed by atoms with Gasteiger partial charge >= 0.3 is 0 Å². The fourth-order valence-corrected chi connectivity index (χ4v) is 2.61. The molecule has 0 radical (unpaired) electrons. The van der Waals surface area contributed by atoms with Crippen molar-refractivity contribution in [3.63, 3.8) is 0 Å². The number of carbonyl (C=O) groups is 1. The Morgan fingerprint density at radius 3 is 2.61 bits per heavy atom. The van der Waals surface area contributed by atoms with Crippen LogP contribution in [0.5, 0.6) is 5.75 Å². The summed E-state index contributed by atoms with van der Waals surface area (Å²) in [5.74, 6) is 4.58. The van der Waals surface area contributed by atoms with Gasteiger partial charge in [0.15, 0.2) is 0 Å². The summed E-state index contributed by atoms with van der Waals surface area (Å²) in [6.07, 6.45) is 0. The van der Waals surface area contributed by atoms with Crippen molar-refractivity contribution in [2.45, 2.75) is 11.8 Å². The van der Waals surface area contributed by atoms with Crippen LogP contribution in [0.4, 0.5) is 0 Å². The van der Waals surface area contributed by atoms with Crippen molar-refractivity contribution in [2.75, 3.05) is 13.7 Å². The van der Waals surface area contributed by atoms with Crippen LogP contribution in [0.3, 0.4) is 0 Å². The first kappa shape index (κ1) is 14.4. The van der Waals surface area contributed by atoms with Crippen molar-refractivity contribution < 1.29 is 17.9 Å². The second kappa shape index (κ2) is 5.80. The van der Waals surface area contributed by atoms with Crippen LogP contribution in [0.2, 0.25) is 0 Å². The molecule has 18 heavy (non-hydrogen) atoms. The first-order valence-corrected chi connectivity index (χ1v) is 6.63. The van der Waals surface area contributed by atoms with Crippen LogP contribution >= 0.6 is 0 Å². The molecular formula is C10H15N3O4S. The largest absolute Gasteiger partial charge is 0.495 e. The number of nitrogen functional groups attached to an aromatic ring is 1. The van der Waals surface area contributed by atoms with E-state index in [2.05, 4.69) is 4.72 Å². The standard InChI is InChI=1S/C10H15N3O4S/c1-3-12-18(15,16)9-6-7(10(14)13-11)4-5-8(9)17-2/h4-6,12H,3,11H2,1-2H3,(H,13,14). The summed E-state index contributed by atoms with van der Waals surface area (Å²) in [5.41, 5.74) is 2.07. The molecule has 8 heteroatoms. The Balaban J connectivity index is 3.35. The van der Waals surface area contributed by atoms with Crippen LogP contribution in [0.15, 0.2) is 23.1 Å². The Bertz CT molecular complexity index is 542. The molecule has 0 bridgehead atoms. The summed E-state index contributed by atoms with van der Waals surface area (Å²) in [4.78, 5) is 11.3. The predicted octanol–water partition coefficient (Wildman–Crippen LogP) is -0.403. The molecular weight excluding hydrogens is 258 g/mol. The number of hydrogen-bond donors (Lipinski definition) is 3. The van der Waals surface area contributed by atoms with Gasteiger partial charge in [-0.25, -0.2) is 19.0 Å². The van der Waals surface area contributed by atoms with Gasteiger partial charge < -0.3 is 4.74 Å². The van der Waals surface area contributed by atoms with E-state index in [4.69, 9.17) is 10.6 Å². The molecule has 1 aromatic carbocycles. The quantitative estimate of drug-likeness (QED) is 0.384. The van der Waals surface area contributed by atoms with Gasteiger partial charge in [-0.1, -0.05) is 6.92 Å². The predicted molar refractivity (Wildman–Crippen MR) is 65.5 cm³/mol. The first-order valence-electron chi connectivity index (χ1n) is 5.15. The molecule has 0 aliphatic carbocycles. The third-order valence-corrected chi connectivity index (χ3v) is 3.75. The van der Waals surface area contributed by atoms with E-state index < -0.39 is 15.9 Å². The Hall–Kier alpha value is -1.64. The highest BCUT2D eigenvalue weighted by Gasteiger charge is 2.20. The van der Waals surface area contributed by atoms with Gasteiger partial charge in [-0.2, -0.15) is 0 Å². The van der Waals surface area contributed by atoms with E-state index in [9.17, 15) is 13.2 Å². The highest BCUT2D eigenvalue weighted by atomic mass is 32.2. The normalized spacial score (nSPS) is 11.1. The Morgan fingerprint density at radius 2 is 2.11 bits per heavy atom. The third kappa shape index (κ3) is 2.97. The number of rotatable bonds is 5. The molecule has 0 aliphatic rings. The number of ether oxygens (including phenoxy) is 1. The average molecular weight is 273 g/mol. The van der Waals surface area contributed by atoms with E-state index in [1.807, 2.05) is 5.43 Å². The highest BCUT2D eigenvalue weighted by molar-refractivity contribution is 7.89. The lowest BCUT2D eigenvalue weighted by molar-refractivity contribution is 0.0953.